The molecule has 1 heterocycles. The fourth-order valence-corrected chi connectivity index (χ4v) is 3.33. The molecule has 1 aliphatic carbocycles. The van der Waals surface area contributed by atoms with Gasteiger partial charge in [0.05, 0.1) is 11.0 Å². The third-order valence-corrected chi connectivity index (χ3v) is 4.67. The second kappa shape index (κ2) is 6.78. The van der Waals surface area contributed by atoms with Crippen LogP contribution >= 0.6 is 0 Å². The average Bonchev–Trinajstić information content (AvgIpc) is 3.16. The van der Waals surface area contributed by atoms with Gasteiger partial charge in [0.1, 0.15) is 5.69 Å². The van der Waals surface area contributed by atoms with Crippen molar-refractivity contribution in [3.63, 3.8) is 0 Å². The van der Waals surface area contributed by atoms with Gasteiger partial charge in [0, 0.05) is 11.6 Å². The van der Waals surface area contributed by atoms with Crippen LogP contribution in [-0.4, -0.2) is 21.9 Å². The van der Waals surface area contributed by atoms with Crippen LogP contribution in [0.25, 0.3) is 22.3 Å². The highest BCUT2D eigenvalue weighted by molar-refractivity contribution is 6.00. The minimum Gasteiger partial charge on any atom is -0.348 e. The molecule has 1 aromatic heterocycles. The first kappa shape index (κ1) is 16.6. The molecule has 1 N–H and O–H groups in total. The largest absolute Gasteiger partial charge is 0.348 e. The number of nitrogens with one attached hydrogen (secondary N) is 1. The number of carbonyl (C=O) groups is 1. The number of rotatable bonds is 3. The summed E-state index contributed by atoms with van der Waals surface area (Å²) >= 11 is 0. The van der Waals surface area contributed by atoms with Gasteiger partial charge in [-0.2, -0.15) is 0 Å². The number of carbonyl (C=O) groups excluding carboxylic acids is 1. The fourth-order valence-electron chi connectivity index (χ4n) is 3.33. The zero-order valence-electron chi connectivity index (χ0n) is 14.0. The molecule has 0 spiro atoms. The summed E-state index contributed by atoms with van der Waals surface area (Å²) in [6.07, 6.45) is 4.05. The summed E-state index contributed by atoms with van der Waals surface area (Å²) in [4.78, 5) is 21.8. The molecule has 0 saturated heterocycles. The highest BCUT2D eigenvalue weighted by Crippen LogP contribution is 2.26. The van der Waals surface area contributed by atoms with Gasteiger partial charge in [-0.15, -0.1) is 0 Å². The van der Waals surface area contributed by atoms with Crippen molar-refractivity contribution in [2.45, 2.75) is 31.7 Å². The molecule has 0 bridgehead atoms. The molecule has 26 heavy (non-hydrogen) atoms. The molecule has 6 heteroatoms. The molecule has 0 radical (unpaired) electrons. The zero-order chi connectivity index (χ0) is 18.1. The molecule has 4 nitrogen and oxygen atoms in total. The first-order chi connectivity index (χ1) is 12.6. The quantitative estimate of drug-likeness (QED) is 0.766. The van der Waals surface area contributed by atoms with E-state index in [1.165, 1.54) is 6.07 Å². The van der Waals surface area contributed by atoms with Crippen LogP contribution in [0.1, 0.15) is 36.2 Å². The Bertz CT molecular complexity index is 984. The van der Waals surface area contributed by atoms with E-state index in [2.05, 4.69) is 15.3 Å². The molecule has 0 aliphatic heterocycles. The number of fused-ring (bicyclic) bond motifs is 1. The van der Waals surface area contributed by atoms with Crippen molar-refractivity contribution < 1.29 is 13.6 Å². The molecule has 1 fully saturated rings. The molecule has 0 atom stereocenters. The summed E-state index contributed by atoms with van der Waals surface area (Å²) in [6, 6.07) is 10.8. The topological polar surface area (TPSA) is 54.9 Å². The number of halogens is 2. The number of benzene rings is 2. The van der Waals surface area contributed by atoms with Crippen molar-refractivity contribution in [2.24, 2.45) is 0 Å². The van der Waals surface area contributed by atoms with Crippen LogP contribution in [-0.2, 0) is 0 Å². The Hall–Kier alpha value is -2.89. The summed E-state index contributed by atoms with van der Waals surface area (Å²) < 4.78 is 27.0. The minimum atomic E-state index is -0.986. The third-order valence-electron chi connectivity index (χ3n) is 4.67. The lowest BCUT2D eigenvalue weighted by molar-refractivity contribution is 0.0933. The Morgan fingerprint density at radius 1 is 0.962 bits per heavy atom. The third kappa shape index (κ3) is 3.14. The van der Waals surface area contributed by atoms with E-state index < -0.39 is 11.6 Å². The van der Waals surface area contributed by atoms with Crippen molar-refractivity contribution in [2.75, 3.05) is 0 Å². The van der Waals surface area contributed by atoms with E-state index in [1.807, 2.05) is 12.1 Å². The Kier molecular flexibility index (Phi) is 4.32. The number of amides is 1. The van der Waals surface area contributed by atoms with Crippen LogP contribution in [0.4, 0.5) is 8.78 Å². The van der Waals surface area contributed by atoms with Gasteiger partial charge in [-0.05, 0) is 43.2 Å². The van der Waals surface area contributed by atoms with Gasteiger partial charge in [0.15, 0.2) is 17.3 Å². The Morgan fingerprint density at radius 3 is 2.35 bits per heavy atom. The molecule has 1 aliphatic rings. The summed E-state index contributed by atoms with van der Waals surface area (Å²) in [5, 5.41) is 2.99. The molecule has 1 amide bonds. The second-order valence-electron chi connectivity index (χ2n) is 6.49. The van der Waals surface area contributed by atoms with Gasteiger partial charge in [0.2, 0.25) is 0 Å². The minimum absolute atomic E-state index is 0.119. The molecule has 3 aromatic rings. The molecule has 0 unspecified atom stereocenters. The second-order valence-corrected chi connectivity index (χ2v) is 6.49. The van der Waals surface area contributed by atoms with Crippen LogP contribution in [0, 0.1) is 11.6 Å². The van der Waals surface area contributed by atoms with Gasteiger partial charge in [0.25, 0.3) is 5.91 Å². The Balaban J connectivity index is 1.82. The van der Waals surface area contributed by atoms with Gasteiger partial charge in [-0.25, -0.2) is 18.7 Å². The van der Waals surface area contributed by atoms with Crippen molar-refractivity contribution >= 4 is 16.9 Å². The number of aromatic nitrogens is 2. The van der Waals surface area contributed by atoms with Crippen LogP contribution < -0.4 is 5.32 Å². The number of nitrogens with zero attached hydrogens (tertiary/aromatic N) is 2. The van der Waals surface area contributed by atoms with E-state index in [1.54, 1.807) is 12.1 Å². The summed E-state index contributed by atoms with van der Waals surface area (Å²) in [5.41, 5.74) is 1.86. The van der Waals surface area contributed by atoms with E-state index >= 15 is 0 Å². The summed E-state index contributed by atoms with van der Waals surface area (Å²) in [7, 11) is 0. The van der Waals surface area contributed by atoms with Gasteiger partial charge in [-0.3, -0.25) is 4.79 Å². The van der Waals surface area contributed by atoms with E-state index in [-0.39, 0.29) is 23.3 Å². The van der Waals surface area contributed by atoms with Crippen molar-refractivity contribution in [3.8, 4) is 11.3 Å². The van der Waals surface area contributed by atoms with Gasteiger partial charge < -0.3 is 5.32 Å². The first-order valence-electron chi connectivity index (χ1n) is 8.65. The van der Waals surface area contributed by atoms with E-state index in [4.69, 9.17) is 0 Å². The number of hydrogen-bond donors (Lipinski definition) is 1. The van der Waals surface area contributed by atoms with Crippen molar-refractivity contribution in [1.82, 2.24) is 15.3 Å². The predicted octanol–water partition coefficient (Wildman–Crippen LogP) is 4.25. The molecule has 4 rings (SSSR count). The molecular formula is C20H17F2N3O. The van der Waals surface area contributed by atoms with E-state index in [0.29, 0.717) is 16.6 Å². The SMILES string of the molecule is O=C(NC1CCCC1)c1nc2ccccc2nc1-c1ccc(F)c(F)c1. The van der Waals surface area contributed by atoms with Crippen LogP contribution in [0.3, 0.4) is 0 Å². The maximum Gasteiger partial charge on any atom is 0.272 e. The lowest BCUT2D eigenvalue weighted by atomic mass is 10.1. The smallest absolute Gasteiger partial charge is 0.272 e. The Morgan fingerprint density at radius 2 is 1.65 bits per heavy atom. The van der Waals surface area contributed by atoms with Gasteiger partial charge >= 0.3 is 0 Å². The van der Waals surface area contributed by atoms with Crippen molar-refractivity contribution in [3.05, 3.63) is 59.8 Å². The van der Waals surface area contributed by atoms with Crippen LogP contribution in [0.15, 0.2) is 42.5 Å². The normalized spacial score (nSPS) is 14.7. The first-order valence-corrected chi connectivity index (χ1v) is 8.65. The predicted molar refractivity (Wildman–Crippen MR) is 94.6 cm³/mol. The lowest BCUT2D eigenvalue weighted by Crippen LogP contribution is -2.33. The van der Waals surface area contributed by atoms with Crippen LogP contribution in [0.5, 0.6) is 0 Å². The standard InChI is InChI=1S/C20H17F2N3O/c21-14-10-9-12(11-15(14)22)18-19(20(26)23-13-5-1-2-6-13)25-17-8-4-3-7-16(17)24-18/h3-4,7-11,13H,1-2,5-6H2,(H,23,26). The Labute approximate surface area is 149 Å². The van der Waals surface area contributed by atoms with Gasteiger partial charge in [-0.1, -0.05) is 25.0 Å². The monoisotopic (exact) mass is 353 g/mol. The maximum absolute atomic E-state index is 13.7. The lowest BCUT2D eigenvalue weighted by Gasteiger charge is -2.14. The summed E-state index contributed by atoms with van der Waals surface area (Å²) in [5.74, 6) is -2.27. The zero-order valence-corrected chi connectivity index (χ0v) is 14.0. The highest BCUT2D eigenvalue weighted by atomic mass is 19.2. The number of hydrogen-bond acceptors (Lipinski definition) is 3. The fraction of sp³-hybridized carbons (Fsp3) is 0.250. The number of para-hydroxylation sites is 2. The molecule has 1 saturated carbocycles. The molecular weight excluding hydrogens is 336 g/mol. The van der Waals surface area contributed by atoms with Crippen LogP contribution in [0.2, 0.25) is 0 Å². The van der Waals surface area contributed by atoms with Crippen molar-refractivity contribution in [1.29, 1.82) is 0 Å². The van der Waals surface area contributed by atoms with E-state index in [0.717, 1.165) is 37.8 Å². The highest BCUT2D eigenvalue weighted by Gasteiger charge is 2.23. The molecule has 2 aromatic carbocycles. The molecule has 132 valence electrons. The maximum atomic E-state index is 13.7. The average molecular weight is 353 g/mol. The summed E-state index contributed by atoms with van der Waals surface area (Å²) in [6.45, 7) is 0. The van der Waals surface area contributed by atoms with E-state index in [9.17, 15) is 13.6 Å².